The minimum absolute atomic E-state index is 0.0241. The van der Waals surface area contributed by atoms with Crippen LogP contribution in [0.2, 0.25) is 0 Å². The fraction of sp³-hybridized carbons (Fsp3) is 0.455. The standard InChI is InChI=1S/C22H28N4O3S/c1-2-9-25-17-6-3-4-7-18(17)26(22(25)28)16-21(27)23-15-19(20-8-5-14-30-20)24-10-12-29-13-11-24/h3-8,14,19H,2,9-13,15-16H2,1H3,(H,23,27). The Morgan fingerprint density at radius 3 is 2.53 bits per heavy atom. The molecule has 1 atom stereocenters. The molecular weight excluding hydrogens is 400 g/mol. The van der Waals surface area contributed by atoms with E-state index in [9.17, 15) is 9.59 Å². The molecule has 7 nitrogen and oxygen atoms in total. The molecule has 0 saturated carbocycles. The minimum Gasteiger partial charge on any atom is -0.379 e. The molecule has 160 valence electrons. The number of amides is 1. The maximum atomic E-state index is 12.9. The van der Waals surface area contributed by atoms with Crippen LogP contribution in [0.4, 0.5) is 0 Å². The van der Waals surface area contributed by atoms with E-state index in [2.05, 4.69) is 21.7 Å². The number of carbonyl (C=O) groups is 1. The van der Waals surface area contributed by atoms with Crippen molar-refractivity contribution in [1.29, 1.82) is 0 Å². The summed E-state index contributed by atoms with van der Waals surface area (Å²) in [5.41, 5.74) is 1.55. The summed E-state index contributed by atoms with van der Waals surface area (Å²) in [5.74, 6) is -0.147. The Labute approximate surface area is 179 Å². The average Bonchev–Trinajstić information content (AvgIpc) is 3.39. The van der Waals surface area contributed by atoms with Crippen molar-refractivity contribution in [3.63, 3.8) is 0 Å². The van der Waals surface area contributed by atoms with Crippen LogP contribution in [-0.4, -0.2) is 52.8 Å². The number of nitrogens with one attached hydrogen (secondary N) is 1. The minimum atomic E-state index is -0.147. The summed E-state index contributed by atoms with van der Waals surface area (Å²) in [4.78, 5) is 29.3. The Balaban J connectivity index is 1.49. The van der Waals surface area contributed by atoms with E-state index in [4.69, 9.17) is 4.74 Å². The highest BCUT2D eigenvalue weighted by atomic mass is 32.1. The molecule has 3 heterocycles. The summed E-state index contributed by atoms with van der Waals surface area (Å²) in [6, 6.07) is 11.9. The summed E-state index contributed by atoms with van der Waals surface area (Å²) in [6.07, 6.45) is 0.863. The molecule has 1 amide bonds. The quantitative estimate of drug-likeness (QED) is 0.599. The number of benzene rings is 1. The summed E-state index contributed by atoms with van der Waals surface area (Å²) < 4.78 is 8.82. The maximum absolute atomic E-state index is 12.9. The molecule has 30 heavy (non-hydrogen) atoms. The van der Waals surface area contributed by atoms with E-state index in [0.717, 1.165) is 30.5 Å². The second-order valence-corrected chi connectivity index (χ2v) is 8.47. The molecule has 1 fully saturated rings. The first kappa shape index (κ1) is 20.8. The van der Waals surface area contributed by atoms with Crippen LogP contribution in [0.5, 0.6) is 0 Å². The molecule has 1 unspecified atom stereocenters. The van der Waals surface area contributed by atoms with Gasteiger partial charge in [-0.25, -0.2) is 4.79 Å². The van der Waals surface area contributed by atoms with Crippen molar-refractivity contribution in [1.82, 2.24) is 19.4 Å². The molecule has 3 aromatic rings. The Bertz CT molecular complexity index is 1030. The molecular formula is C22H28N4O3S. The van der Waals surface area contributed by atoms with Crippen LogP contribution in [0.1, 0.15) is 24.3 Å². The van der Waals surface area contributed by atoms with Gasteiger partial charge in [-0.1, -0.05) is 25.1 Å². The highest BCUT2D eigenvalue weighted by Gasteiger charge is 2.24. The van der Waals surface area contributed by atoms with Gasteiger partial charge in [0.1, 0.15) is 6.54 Å². The molecule has 8 heteroatoms. The van der Waals surface area contributed by atoms with Gasteiger partial charge in [-0.15, -0.1) is 11.3 Å². The second-order valence-electron chi connectivity index (χ2n) is 7.49. The van der Waals surface area contributed by atoms with E-state index >= 15 is 0 Å². The number of imidazole rings is 1. The fourth-order valence-corrected chi connectivity index (χ4v) is 4.92. The summed E-state index contributed by atoms with van der Waals surface area (Å²) in [7, 11) is 0. The molecule has 0 bridgehead atoms. The van der Waals surface area contributed by atoms with Gasteiger partial charge in [0.2, 0.25) is 5.91 Å². The highest BCUT2D eigenvalue weighted by molar-refractivity contribution is 7.10. The number of para-hydroxylation sites is 2. The number of carbonyl (C=O) groups excluding carboxylic acids is 1. The Kier molecular flexibility index (Phi) is 6.66. The molecule has 1 aliphatic rings. The first-order valence-corrected chi connectivity index (χ1v) is 11.4. The first-order valence-electron chi connectivity index (χ1n) is 10.5. The summed E-state index contributed by atoms with van der Waals surface area (Å²) in [6.45, 7) is 6.35. The lowest BCUT2D eigenvalue weighted by molar-refractivity contribution is -0.122. The van der Waals surface area contributed by atoms with E-state index in [1.807, 2.05) is 37.3 Å². The molecule has 1 saturated heterocycles. The largest absolute Gasteiger partial charge is 0.379 e. The van der Waals surface area contributed by atoms with Crippen molar-refractivity contribution in [2.24, 2.45) is 0 Å². The molecule has 0 spiro atoms. The van der Waals surface area contributed by atoms with Crippen LogP contribution in [0, 0.1) is 0 Å². The van der Waals surface area contributed by atoms with Gasteiger partial charge in [-0.2, -0.15) is 0 Å². The maximum Gasteiger partial charge on any atom is 0.329 e. The molecule has 1 aliphatic heterocycles. The normalized spacial score (nSPS) is 16.0. The van der Waals surface area contributed by atoms with Gasteiger partial charge in [0.05, 0.1) is 30.3 Å². The van der Waals surface area contributed by atoms with Crippen molar-refractivity contribution in [2.75, 3.05) is 32.8 Å². The molecule has 2 aromatic heterocycles. The van der Waals surface area contributed by atoms with Crippen LogP contribution in [0.3, 0.4) is 0 Å². The van der Waals surface area contributed by atoms with Gasteiger partial charge >= 0.3 is 5.69 Å². The van der Waals surface area contributed by atoms with Crippen molar-refractivity contribution >= 4 is 28.3 Å². The Hall–Kier alpha value is -2.42. The third-order valence-electron chi connectivity index (χ3n) is 5.52. The average molecular weight is 429 g/mol. The number of thiophene rings is 1. The number of morpholine rings is 1. The van der Waals surface area contributed by atoms with Gasteiger partial charge < -0.3 is 10.1 Å². The van der Waals surface area contributed by atoms with Gasteiger partial charge in [-0.05, 0) is 30.0 Å². The molecule has 1 aromatic carbocycles. The van der Waals surface area contributed by atoms with Crippen molar-refractivity contribution < 1.29 is 9.53 Å². The van der Waals surface area contributed by atoms with Gasteiger partial charge in [0.15, 0.2) is 0 Å². The van der Waals surface area contributed by atoms with E-state index in [1.54, 1.807) is 20.5 Å². The SMILES string of the molecule is CCCn1c(=O)n(CC(=O)NCC(c2cccs2)N2CCOCC2)c2ccccc21. The zero-order valence-corrected chi connectivity index (χ0v) is 18.1. The van der Waals surface area contributed by atoms with Gasteiger partial charge in [-0.3, -0.25) is 18.8 Å². The van der Waals surface area contributed by atoms with Crippen molar-refractivity contribution in [3.05, 3.63) is 57.1 Å². The lowest BCUT2D eigenvalue weighted by atomic mass is 10.2. The third kappa shape index (κ3) is 4.35. The number of fused-ring (bicyclic) bond motifs is 1. The topological polar surface area (TPSA) is 68.5 Å². The Morgan fingerprint density at radius 1 is 1.13 bits per heavy atom. The van der Waals surface area contributed by atoms with Crippen LogP contribution >= 0.6 is 11.3 Å². The zero-order valence-electron chi connectivity index (χ0n) is 17.3. The summed E-state index contributed by atoms with van der Waals surface area (Å²) >= 11 is 1.70. The monoisotopic (exact) mass is 428 g/mol. The lowest BCUT2D eigenvalue weighted by Crippen LogP contribution is -2.44. The number of hydrogen-bond acceptors (Lipinski definition) is 5. The van der Waals surface area contributed by atoms with E-state index in [1.165, 1.54) is 4.88 Å². The number of aromatic nitrogens is 2. The molecule has 1 N–H and O–H groups in total. The number of nitrogens with zero attached hydrogens (tertiary/aromatic N) is 3. The third-order valence-corrected chi connectivity index (χ3v) is 6.50. The van der Waals surface area contributed by atoms with Crippen LogP contribution in [0.25, 0.3) is 11.0 Å². The number of ether oxygens (including phenoxy) is 1. The van der Waals surface area contributed by atoms with E-state index < -0.39 is 0 Å². The second kappa shape index (κ2) is 9.59. The molecule has 0 radical (unpaired) electrons. The zero-order chi connectivity index (χ0) is 20.9. The predicted molar refractivity (Wildman–Crippen MR) is 119 cm³/mol. The van der Waals surface area contributed by atoms with Gasteiger partial charge in [0, 0.05) is 31.1 Å². The Morgan fingerprint density at radius 2 is 1.87 bits per heavy atom. The van der Waals surface area contributed by atoms with E-state index in [-0.39, 0.29) is 24.2 Å². The number of rotatable bonds is 8. The fourth-order valence-electron chi connectivity index (χ4n) is 4.05. The first-order chi connectivity index (χ1) is 14.7. The van der Waals surface area contributed by atoms with Crippen molar-refractivity contribution in [3.8, 4) is 0 Å². The molecule has 4 rings (SSSR count). The number of hydrogen-bond donors (Lipinski definition) is 1. The number of aryl methyl sites for hydroxylation is 1. The van der Waals surface area contributed by atoms with Gasteiger partial charge in [0.25, 0.3) is 0 Å². The van der Waals surface area contributed by atoms with E-state index in [0.29, 0.717) is 26.3 Å². The summed E-state index contributed by atoms with van der Waals surface area (Å²) in [5, 5.41) is 5.13. The lowest BCUT2D eigenvalue weighted by Gasteiger charge is -2.34. The highest BCUT2D eigenvalue weighted by Crippen LogP contribution is 2.25. The smallest absolute Gasteiger partial charge is 0.329 e. The predicted octanol–water partition coefficient (Wildman–Crippen LogP) is 2.46. The van der Waals surface area contributed by atoms with Crippen LogP contribution < -0.4 is 11.0 Å². The molecule has 0 aliphatic carbocycles. The van der Waals surface area contributed by atoms with Crippen LogP contribution in [-0.2, 0) is 22.6 Å². The van der Waals surface area contributed by atoms with Crippen LogP contribution in [0.15, 0.2) is 46.6 Å². The van der Waals surface area contributed by atoms with Crippen molar-refractivity contribution in [2.45, 2.75) is 32.5 Å².